The first-order valence-corrected chi connectivity index (χ1v) is 3.89. The van der Waals surface area contributed by atoms with Gasteiger partial charge in [0.2, 0.25) is 0 Å². The van der Waals surface area contributed by atoms with Gasteiger partial charge in [0, 0.05) is 4.90 Å². The van der Waals surface area contributed by atoms with Crippen LogP contribution in [0.2, 0.25) is 0 Å². The number of phenolic OH excluding ortho intramolecular Hbond substituents is 1. The first-order chi connectivity index (χ1) is 5.24. The van der Waals surface area contributed by atoms with Gasteiger partial charge in [-0.2, -0.15) is 0 Å². The van der Waals surface area contributed by atoms with Crippen molar-refractivity contribution in [3.8, 4) is 5.75 Å². The molecule has 2 nitrogen and oxygen atoms in total. The summed E-state index contributed by atoms with van der Waals surface area (Å²) < 4.78 is 0. The predicted molar refractivity (Wildman–Crippen MR) is 48.1 cm³/mol. The summed E-state index contributed by atoms with van der Waals surface area (Å²) in [7, 11) is 0. The number of aromatic hydroxyl groups is 1. The molecule has 0 saturated carbocycles. The second-order valence-corrected chi connectivity index (χ2v) is 2.84. The van der Waals surface area contributed by atoms with Gasteiger partial charge in [-0.1, -0.05) is 6.07 Å². The fourth-order valence-corrected chi connectivity index (χ4v) is 1.03. The molecular weight excluding hydrogens is 158 g/mol. The third-order valence-corrected chi connectivity index (χ3v) is 1.85. The van der Waals surface area contributed by atoms with E-state index in [-0.39, 0.29) is 5.75 Å². The number of thiol groups is 1. The number of hydrogen-bond donors (Lipinski definition) is 3. The highest BCUT2D eigenvalue weighted by atomic mass is 32.1. The Morgan fingerprint density at radius 3 is 2.73 bits per heavy atom. The van der Waals surface area contributed by atoms with Crippen molar-refractivity contribution in [1.82, 2.24) is 0 Å². The Morgan fingerprint density at radius 2 is 2.18 bits per heavy atom. The van der Waals surface area contributed by atoms with Crippen molar-refractivity contribution in [3.05, 3.63) is 23.8 Å². The molecule has 0 spiro atoms. The molecule has 0 saturated heterocycles. The minimum Gasteiger partial charge on any atom is -0.507 e. The fraction of sp³-hybridized carbons (Fsp3) is 0.250. The van der Waals surface area contributed by atoms with Gasteiger partial charge in [-0.15, -0.1) is 12.6 Å². The highest BCUT2D eigenvalue weighted by Gasteiger charge is 1.97. The molecule has 1 rings (SSSR count). The molecule has 0 aliphatic carbocycles. The summed E-state index contributed by atoms with van der Waals surface area (Å²) in [4.78, 5) is 0.603. The Bertz CT molecular complexity index is 250. The summed E-state index contributed by atoms with van der Waals surface area (Å²) in [6, 6.07) is 5.37. The van der Waals surface area contributed by atoms with Crippen LogP contribution in [0.5, 0.6) is 5.75 Å². The quantitative estimate of drug-likeness (QED) is 0.582. The lowest BCUT2D eigenvalue weighted by atomic mass is 10.1. The van der Waals surface area contributed by atoms with Crippen LogP contribution < -0.4 is 5.73 Å². The molecule has 0 amide bonds. The van der Waals surface area contributed by atoms with Crippen LogP contribution in [0.25, 0.3) is 0 Å². The first-order valence-electron chi connectivity index (χ1n) is 3.45. The lowest BCUT2D eigenvalue weighted by Crippen LogP contribution is -2.02. The van der Waals surface area contributed by atoms with E-state index in [1.165, 1.54) is 0 Å². The Morgan fingerprint density at radius 1 is 1.45 bits per heavy atom. The Hall–Kier alpha value is -0.670. The Labute approximate surface area is 71.5 Å². The van der Waals surface area contributed by atoms with Crippen molar-refractivity contribution in [1.29, 1.82) is 0 Å². The third-order valence-electron chi connectivity index (χ3n) is 1.47. The van der Waals surface area contributed by atoms with Crippen LogP contribution in [0.3, 0.4) is 0 Å². The second kappa shape index (κ2) is 3.64. The van der Waals surface area contributed by atoms with Gasteiger partial charge in [0.25, 0.3) is 0 Å². The number of phenols is 1. The van der Waals surface area contributed by atoms with E-state index in [0.717, 1.165) is 12.0 Å². The van der Waals surface area contributed by atoms with Crippen LogP contribution in [-0.4, -0.2) is 11.7 Å². The van der Waals surface area contributed by atoms with Crippen LogP contribution in [0, 0.1) is 0 Å². The van der Waals surface area contributed by atoms with Crippen LogP contribution in [0.15, 0.2) is 23.1 Å². The predicted octanol–water partition coefficient (Wildman–Crippen LogP) is 1.18. The van der Waals surface area contributed by atoms with Gasteiger partial charge in [0.15, 0.2) is 0 Å². The van der Waals surface area contributed by atoms with Crippen LogP contribution in [0.4, 0.5) is 0 Å². The molecule has 0 fully saturated rings. The molecule has 1 aromatic carbocycles. The molecule has 1 aromatic rings. The molecule has 0 atom stereocenters. The molecule has 0 heterocycles. The molecule has 0 radical (unpaired) electrons. The highest BCUT2D eigenvalue weighted by molar-refractivity contribution is 7.80. The van der Waals surface area contributed by atoms with E-state index in [1.54, 1.807) is 12.1 Å². The number of nitrogens with two attached hydrogens (primary N) is 1. The normalized spacial score (nSPS) is 10.0. The fourth-order valence-electron chi connectivity index (χ4n) is 0.891. The van der Waals surface area contributed by atoms with E-state index in [4.69, 9.17) is 5.73 Å². The molecule has 0 aliphatic heterocycles. The Balaban J connectivity index is 2.86. The average molecular weight is 169 g/mol. The number of rotatable bonds is 2. The minimum atomic E-state index is 0.222. The van der Waals surface area contributed by atoms with Crippen molar-refractivity contribution < 1.29 is 5.11 Å². The topological polar surface area (TPSA) is 46.2 Å². The van der Waals surface area contributed by atoms with Crippen molar-refractivity contribution in [3.63, 3.8) is 0 Å². The number of hydrogen-bond acceptors (Lipinski definition) is 3. The standard InChI is InChI=1S/C8H11NOS/c9-4-3-6-1-2-8(11)7(10)5-6/h1-2,5,10-11H,3-4,9H2. The smallest absolute Gasteiger partial charge is 0.129 e. The summed E-state index contributed by atoms with van der Waals surface area (Å²) in [5.74, 6) is 0.222. The van der Waals surface area contributed by atoms with Gasteiger partial charge in [-0.3, -0.25) is 0 Å². The number of benzene rings is 1. The van der Waals surface area contributed by atoms with Gasteiger partial charge in [-0.05, 0) is 30.7 Å². The lowest BCUT2D eigenvalue weighted by Gasteiger charge is -2.00. The van der Waals surface area contributed by atoms with Crippen molar-refractivity contribution in [2.45, 2.75) is 11.3 Å². The molecule has 11 heavy (non-hydrogen) atoms. The SMILES string of the molecule is NCCc1ccc(S)c(O)c1. The van der Waals surface area contributed by atoms with Gasteiger partial charge in [0.05, 0.1) is 0 Å². The van der Waals surface area contributed by atoms with E-state index in [9.17, 15) is 5.11 Å². The van der Waals surface area contributed by atoms with E-state index in [1.807, 2.05) is 6.07 Å². The van der Waals surface area contributed by atoms with Crippen molar-refractivity contribution >= 4 is 12.6 Å². The van der Waals surface area contributed by atoms with Crippen molar-refractivity contribution in [2.75, 3.05) is 6.54 Å². The summed E-state index contributed by atoms with van der Waals surface area (Å²) in [5, 5.41) is 9.21. The van der Waals surface area contributed by atoms with Gasteiger partial charge >= 0.3 is 0 Å². The van der Waals surface area contributed by atoms with Gasteiger partial charge in [0.1, 0.15) is 5.75 Å². The highest BCUT2D eigenvalue weighted by Crippen LogP contribution is 2.21. The zero-order chi connectivity index (χ0) is 8.27. The van der Waals surface area contributed by atoms with Crippen molar-refractivity contribution in [2.24, 2.45) is 5.73 Å². The van der Waals surface area contributed by atoms with E-state index >= 15 is 0 Å². The molecule has 3 N–H and O–H groups in total. The molecular formula is C8H11NOS. The second-order valence-electron chi connectivity index (χ2n) is 2.36. The summed E-state index contributed by atoms with van der Waals surface area (Å²) in [6.45, 7) is 0.603. The summed E-state index contributed by atoms with van der Waals surface area (Å²) in [5.41, 5.74) is 6.39. The van der Waals surface area contributed by atoms with Crippen LogP contribution >= 0.6 is 12.6 Å². The van der Waals surface area contributed by atoms with Gasteiger partial charge in [-0.25, -0.2) is 0 Å². The molecule has 0 bridgehead atoms. The van der Waals surface area contributed by atoms with Gasteiger partial charge < -0.3 is 10.8 Å². The largest absolute Gasteiger partial charge is 0.507 e. The minimum absolute atomic E-state index is 0.222. The first kappa shape index (κ1) is 8.43. The maximum atomic E-state index is 9.21. The molecule has 0 aliphatic rings. The third kappa shape index (κ3) is 2.13. The van der Waals surface area contributed by atoms with E-state index in [2.05, 4.69) is 12.6 Å². The van der Waals surface area contributed by atoms with Crippen LogP contribution in [0.1, 0.15) is 5.56 Å². The monoisotopic (exact) mass is 169 g/mol. The molecule has 3 heteroatoms. The molecule has 60 valence electrons. The lowest BCUT2D eigenvalue weighted by molar-refractivity contribution is 0.462. The zero-order valence-corrected chi connectivity index (χ0v) is 7.01. The maximum Gasteiger partial charge on any atom is 0.129 e. The molecule has 0 unspecified atom stereocenters. The van der Waals surface area contributed by atoms with Crippen LogP contribution in [-0.2, 0) is 6.42 Å². The van der Waals surface area contributed by atoms with E-state index in [0.29, 0.717) is 11.4 Å². The average Bonchev–Trinajstić information content (AvgIpc) is 1.98. The summed E-state index contributed by atoms with van der Waals surface area (Å²) >= 11 is 4.03. The Kier molecular flexibility index (Phi) is 2.79. The zero-order valence-electron chi connectivity index (χ0n) is 6.12. The molecule has 0 aromatic heterocycles. The summed E-state index contributed by atoms with van der Waals surface area (Å²) in [6.07, 6.45) is 0.793. The van der Waals surface area contributed by atoms with E-state index < -0.39 is 0 Å². The maximum absolute atomic E-state index is 9.21.